The standard InChI is InChI=1S/C27H30N2O6Si/c1-5-27(32)13-22(30)35-25-18(27)11-20-23-15(14-29(20)26(25)31)10-17-16(6-9-36(2,3)4)24-21(12-19(17)28-23)33-7-8-34-24/h10-12,32H,5-9,13-14H2,1-4H3/t27-/m1/s1. The van der Waals surface area contributed by atoms with Crippen molar-refractivity contribution in [1.29, 1.82) is 0 Å². The molecule has 6 rings (SSSR count). The lowest BCUT2D eigenvalue weighted by Gasteiger charge is -2.32. The van der Waals surface area contributed by atoms with Crippen LogP contribution in [-0.4, -0.2) is 41.9 Å². The fourth-order valence-corrected chi connectivity index (χ4v) is 6.43. The van der Waals surface area contributed by atoms with E-state index in [1.165, 1.54) is 0 Å². The molecule has 1 N–H and O–H groups in total. The van der Waals surface area contributed by atoms with Gasteiger partial charge in [0.05, 0.1) is 29.9 Å². The quantitative estimate of drug-likeness (QED) is 0.330. The van der Waals surface area contributed by atoms with Crippen molar-refractivity contribution in [3.8, 4) is 28.6 Å². The first-order valence-corrected chi connectivity index (χ1v) is 16.3. The molecule has 0 spiro atoms. The first-order chi connectivity index (χ1) is 17.1. The fraction of sp³-hybridized carbons (Fsp3) is 0.444. The van der Waals surface area contributed by atoms with E-state index in [9.17, 15) is 14.7 Å². The Hall–Kier alpha value is -3.17. The van der Waals surface area contributed by atoms with Gasteiger partial charge in [-0.3, -0.25) is 14.2 Å². The van der Waals surface area contributed by atoms with E-state index in [4.69, 9.17) is 19.2 Å². The molecule has 0 fully saturated rings. The van der Waals surface area contributed by atoms with Crippen LogP contribution in [-0.2, 0) is 23.4 Å². The van der Waals surface area contributed by atoms with Crippen molar-refractivity contribution in [2.24, 2.45) is 0 Å². The number of esters is 1. The van der Waals surface area contributed by atoms with Crippen LogP contribution in [0, 0.1) is 0 Å². The van der Waals surface area contributed by atoms with Gasteiger partial charge >= 0.3 is 5.97 Å². The van der Waals surface area contributed by atoms with Gasteiger partial charge in [-0.15, -0.1) is 0 Å². The highest BCUT2D eigenvalue weighted by Gasteiger charge is 2.42. The summed E-state index contributed by atoms with van der Waals surface area (Å²) in [4.78, 5) is 30.6. The summed E-state index contributed by atoms with van der Waals surface area (Å²) in [6.45, 7) is 10.2. The molecule has 3 aliphatic heterocycles. The summed E-state index contributed by atoms with van der Waals surface area (Å²) in [7, 11) is -1.32. The number of aromatic nitrogens is 2. The van der Waals surface area contributed by atoms with E-state index in [1.54, 1.807) is 17.6 Å². The van der Waals surface area contributed by atoms with Crippen molar-refractivity contribution in [3.63, 3.8) is 0 Å². The van der Waals surface area contributed by atoms with Gasteiger partial charge in [-0.1, -0.05) is 32.6 Å². The Morgan fingerprint density at radius 2 is 1.89 bits per heavy atom. The summed E-state index contributed by atoms with van der Waals surface area (Å²) in [6, 6.07) is 6.90. The second kappa shape index (κ2) is 7.91. The van der Waals surface area contributed by atoms with Gasteiger partial charge < -0.3 is 19.3 Å². The van der Waals surface area contributed by atoms with Crippen molar-refractivity contribution in [3.05, 3.63) is 45.2 Å². The predicted molar refractivity (Wildman–Crippen MR) is 138 cm³/mol. The molecule has 0 unspecified atom stereocenters. The zero-order valence-electron chi connectivity index (χ0n) is 21.1. The van der Waals surface area contributed by atoms with Gasteiger partial charge in [-0.25, -0.2) is 4.98 Å². The highest BCUT2D eigenvalue weighted by atomic mass is 28.3. The van der Waals surface area contributed by atoms with Crippen molar-refractivity contribution in [2.75, 3.05) is 13.2 Å². The molecule has 1 aromatic carbocycles. The van der Waals surface area contributed by atoms with Crippen molar-refractivity contribution >= 4 is 24.9 Å². The second-order valence-corrected chi connectivity index (χ2v) is 16.8. The minimum Gasteiger partial charge on any atom is -0.486 e. The van der Waals surface area contributed by atoms with Gasteiger partial charge in [-0.2, -0.15) is 0 Å². The van der Waals surface area contributed by atoms with Gasteiger partial charge in [0.15, 0.2) is 11.5 Å². The van der Waals surface area contributed by atoms with E-state index in [1.807, 2.05) is 6.07 Å². The average Bonchev–Trinajstić information content (AvgIpc) is 3.18. The third kappa shape index (κ3) is 3.56. The Labute approximate surface area is 209 Å². The number of hydrogen-bond donors (Lipinski definition) is 1. The maximum absolute atomic E-state index is 13.4. The van der Waals surface area contributed by atoms with Crippen LogP contribution in [0.1, 0.15) is 36.5 Å². The number of carbonyl (C=O) groups is 1. The number of nitrogens with zero attached hydrogens (tertiary/aromatic N) is 2. The smallest absolute Gasteiger partial charge is 0.314 e. The van der Waals surface area contributed by atoms with E-state index >= 15 is 0 Å². The normalized spacial score (nSPS) is 20.1. The molecule has 0 aliphatic carbocycles. The molecule has 0 amide bonds. The molecule has 0 saturated carbocycles. The molecule has 9 heteroatoms. The maximum Gasteiger partial charge on any atom is 0.314 e. The van der Waals surface area contributed by atoms with Crippen LogP contribution >= 0.6 is 0 Å². The van der Waals surface area contributed by atoms with Crippen LogP contribution in [0.5, 0.6) is 17.2 Å². The van der Waals surface area contributed by atoms with Crippen molar-refractivity contribution < 1.29 is 24.1 Å². The van der Waals surface area contributed by atoms with Crippen molar-refractivity contribution in [2.45, 2.75) is 64.0 Å². The molecule has 0 radical (unpaired) electrons. The van der Waals surface area contributed by atoms with E-state index < -0.39 is 25.2 Å². The van der Waals surface area contributed by atoms with Gasteiger partial charge in [0, 0.05) is 36.2 Å². The monoisotopic (exact) mass is 506 g/mol. The molecule has 8 nitrogen and oxygen atoms in total. The molecule has 0 saturated heterocycles. The molecule has 0 bridgehead atoms. The highest BCUT2D eigenvalue weighted by Crippen LogP contribution is 2.45. The molecule has 5 heterocycles. The zero-order valence-corrected chi connectivity index (χ0v) is 22.1. The summed E-state index contributed by atoms with van der Waals surface area (Å²) >= 11 is 0. The molecule has 3 aliphatic rings. The van der Waals surface area contributed by atoms with E-state index in [0.29, 0.717) is 48.9 Å². The highest BCUT2D eigenvalue weighted by molar-refractivity contribution is 6.76. The first-order valence-electron chi connectivity index (χ1n) is 12.5. The lowest BCUT2D eigenvalue weighted by Crippen LogP contribution is -2.39. The molecule has 188 valence electrons. The minimum absolute atomic E-state index is 0.0789. The molecular weight excluding hydrogens is 476 g/mol. The molecule has 3 aromatic rings. The summed E-state index contributed by atoms with van der Waals surface area (Å²) in [5.41, 5.74) is 2.64. The van der Waals surface area contributed by atoms with Gasteiger partial charge in [0.1, 0.15) is 18.8 Å². The second-order valence-electron chi connectivity index (χ2n) is 11.2. The van der Waals surface area contributed by atoms with Gasteiger partial charge in [-0.05, 0) is 25.0 Å². The number of aliphatic hydroxyl groups is 1. The van der Waals surface area contributed by atoms with Crippen LogP contribution in [0.4, 0.5) is 0 Å². The minimum atomic E-state index is -1.44. The number of ether oxygens (including phenoxy) is 3. The Kier molecular flexibility index (Phi) is 5.11. The first kappa shape index (κ1) is 23.2. The van der Waals surface area contributed by atoms with Crippen LogP contribution in [0.25, 0.3) is 22.3 Å². The summed E-state index contributed by atoms with van der Waals surface area (Å²) in [5.74, 6) is 0.836. The Balaban J connectivity index is 1.55. The van der Waals surface area contributed by atoms with E-state index in [0.717, 1.165) is 40.2 Å². The Morgan fingerprint density at radius 1 is 1.11 bits per heavy atom. The number of pyridine rings is 2. The number of benzene rings is 1. The van der Waals surface area contributed by atoms with E-state index in [-0.39, 0.29) is 12.2 Å². The largest absolute Gasteiger partial charge is 0.486 e. The number of fused-ring (bicyclic) bond motifs is 6. The summed E-state index contributed by atoms with van der Waals surface area (Å²) in [5, 5.41) is 12.2. The number of rotatable bonds is 4. The SMILES string of the molecule is CC[C@@]1(O)CC(=O)Oc2c1cc1n(c2=O)Cc2cc3c(CC[Si](C)(C)C)c4c(cc3nc2-1)OCCO4. The maximum atomic E-state index is 13.4. The average molecular weight is 507 g/mol. The lowest BCUT2D eigenvalue weighted by atomic mass is 9.85. The third-order valence-electron chi connectivity index (χ3n) is 7.50. The predicted octanol–water partition coefficient (Wildman–Crippen LogP) is 3.98. The van der Waals surface area contributed by atoms with Crippen LogP contribution in [0.2, 0.25) is 25.7 Å². The number of hydrogen-bond acceptors (Lipinski definition) is 7. The van der Waals surface area contributed by atoms with Crippen LogP contribution in [0.15, 0.2) is 23.0 Å². The fourth-order valence-electron chi connectivity index (χ4n) is 5.43. The molecular formula is C27H30N2O6Si. The number of aryl methyl sites for hydroxylation is 1. The summed E-state index contributed by atoms with van der Waals surface area (Å²) < 4.78 is 18.9. The Bertz CT molecular complexity index is 1510. The zero-order chi connectivity index (χ0) is 25.4. The van der Waals surface area contributed by atoms with Crippen LogP contribution in [0.3, 0.4) is 0 Å². The lowest BCUT2D eigenvalue weighted by molar-refractivity contribution is -0.143. The van der Waals surface area contributed by atoms with Gasteiger partial charge in [0.2, 0.25) is 5.75 Å². The topological polar surface area (TPSA) is 99.9 Å². The summed E-state index contributed by atoms with van der Waals surface area (Å²) in [6.07, 6.45) is 0.987. The molecule has 36 heavy (non-hydrogen) atoms. The van der Waals surface area contributed by atoms with Gasteiger partial charge in [0.25, 0.3) is 5.56 Å². The van der Waals surface area contributed by atoms with Crippen molar-refractivity contribution in [1.82, 2.24) is 9.55 Å². The molecule has 2 aromatic heterocycles. The van der Waals surface area contributed by atoms with Crippen LogP contribution < -0.4 is 19.8 Å². The third-order valence-corrected chi connectivity index (χ3v) is 9.25. The number of carbonyl (C=O) groups excluding carboxylic acids is 1. The molecule has 1 atom stereocenters. The Morgan fingerprint density at radius 3 is 2.64 bits per heavy atom. The van der Waals surface area contributed by atoms with E-state index in [2.05, 4.69) is 25.7 Å².